The number of allylic oxidation sites excluding steroid dienone is 1. The number of nitrogens with one attached hydrogen (secondary N) is 1. The second-order valence-corrected chi connectivity index (χ2v) is 13.1. The fourth-order valence-electron chi connectivity index (χ4n) is 6.21. The number of rotatable bonds is 10. The van der Waals surface area contributed by atoms with Gasteiger partial charge in [-0.15, -0.1) is 0 Å². The molecule has 53 heavy (non-hydrogen) atoms. The van der Waals surface area contributed by atoms with Crippen molar-refractivity contribution in [2.24, 2.45) is 0 Å². The number of aromatic hydroxyl groups is 1. The molecule has 0 saturated carbocycles. The number of carbonyl (C=O) groups excluding carboxylic acids is 3. The molecule has 0 atom stereocenters. The van der Waals surface area contributed by atoms with Crippen molar-refractivity contribution in [1.82, 2.24) is 29.7 Å². The Hall–Kier alpha value is -4.93. The molecule has 0 aliphatic carbocycles. The largest absolute Gasteiger partial charge is 0.505 e. The number of ether oxygens (including phenoxy) is 1. The lowest BCUT2D eigenvalue weighted by Gasteiger charge is -2.37. The number of aldehydes is 1. The number of piperazine rings is 1. The van der Waals surface area contributed by atoms with Crippen LogP contribution >= 0.6 is 11.3 Å². The molecule has 3 aromatic rings. The number of fused-ring (bicyclic) bond motifs is 2. The van der Waals surface area contributed by atoms with Crippen molar-refractivity contribution >= 4 is 51.5 Å². The average molecular weight is 762 g/mol. The first-order chi connectivity index (χ1) is 25.4. The molecule has 0 spiro atoms. The van der Waals surface area contributed by atoms with E-state index in [2.05, 4.69) is 16.9 Å². The van der Waals surface area contributed by atoms with Gasteiger partial charge in [-0.1, -0.05) is 44.8 Å². The first-order valence-corrected chi connectivity index (χ1v) is 18.4. The minimum atomic E-state index is -4.07. The van der Waals surface area contributed by atoms with E-state index in [9.17, 15) is 37.5 Å². The van der Waals surface area contributed by atoms with Crippen molar-refractivity contribution in [3.63, 3.8) is 0 Å². The van der Waals surface area contributed by atoms with E-state index < -0.39 is 12.6 Å². The van der Waals surface area contributed by atoms with Gasteiger partial charge in [0, 0.05) is 76.1 Å². The number of alkyl halides is 3. The number of hydrogen-bond donors (Lipinski definition) is 2. The van der Waals surface area contributed by atoms with Crippen LogP contribution in [0.15, 0.2) is 29.3 Å². The van der Waals surface area contributed by atoms with Crippen LogP contribution in [0.5, 0.6) is 11.5 Å². The van der Waals surface area contributed by atoms with Gasteiger partial charge in [-0.2, -0.15) is 13.2 Å². The third-order valence-corrected chi connectivity index (χ3v) is 10.2. The molecule has 6 rings (SSSR count). The van der Waals surface area contributed by atoms with E-state index in [1.807, 2.05) is 36.3 Å². The van der Waals surface area contributed by atoms with E-state index in [0.29, 0.717) is 98.2 Å². The maximum Gasteiger partial charge on any atom is 0.389 e. The predicted octanol–water partition coefficient (Wildman–Crippen LogP) is 4.55. The highest BCUT2D eigenvalue weighted by atomic mass is 32.1. The van der Waals surface area contributed by atoms with Crippen molar-refractivity contribution in [3.8, 4) is 11.5 Å². The molecule has 0 aromatic carbocycles. The smallest absolute Gasteiger partial charge is 0.389 e. The summed E-state index contributed by atoms with van der Waals surface area (Å²) >= 11 is 1.40. The van der Waals surface area contributed by atoms with E-state index in [-0.39, 0.29) is 35.7 Å². The van der Waals surface area contributed by atoms with E-state index in [1.54, 1.807) is 16.8 Å². The second kappa shape index (κ2) is 18.2. The highest BCUT2D eigenvalue weighted by Crippen LogP contribution is 2.35. The molecular weight excluding hydrogens is 716 g/mol. The number of amides is 2. The molecule has 2 N–H and O–H groups in total. The first-order valence-electron chi connectivity index (χ1n) is 17.6. The lowest BCUT2D eigenvalue weighted by Crippen LogP contribution is -2.50. The fourth-order valence-corrected chi connectivity index (χ4v) is 7.38. The number of aromatic nitrogens is 3. The van der Waals surface area contributed by atoms with Gasteiger partial charge < -0.3 is 39.2 Å². The molecule has 1 fully saturated rings. The number of thiazole rings is 1. The summed E-state index contributed by atoms with van der Waals surface area (Å²) in [5, 5.41) is 13.9. The Balaban J connectivity index is 0.000000455. The molecule has 6 heterocycles. The van der Waals surface area contributed by atoms with Gasteiger partial charge in [0.05, 0.1) is 19.3 Å². The van der Waals surface area contributed by atoms with Gasteiger partial charge in [-0.05, 0) is 24.8 Å². The van der Waals surface area contributed by atoms with Crippen LogP contribution in [-0.2, 0) is 29.0 Å². The number of anilines is 1. The zero-order valence-electron chi connectivity index (χ0n) is 30.4. The Morgan fingerprint density at radius 2 is 1.87 bits per heavy atom. The third kappa shape index (κ3) is 9.36. The van der Waals surface area contributed by atoms with Crippen LogP contribution in [0.1, 0.15) is 66.8 Å². The van der Waals surface area contributed by atoms with Crippen LogP contribution in [-0.4, -0.2) is 107 Å². The van der Waals surface area contributed by atoms with Crippen LogP contribution < -0.4 is 20.4 Å². The van der Waals surface area contributed by atoms with Crippen molar-refractivity contribution in [1.29, 1.82) is 0 Å². The van der Waals surface area contributed by atoms with E-state index in [4.69, 9.17) is 9.72 Å². The molecular formula is C36H46F3N7O6S. The molecule has 3 aromatic heterocycles. The quantitative estimate of drug-likeness (QED) is 0.282. The molecule has 0 bridgehead atoms. The molecule has 0 unspecified atom stereocenters. The Morgan fingerprint density at radius 3 is 2.45 bits per heavy atom. The van der Waals surface area contributed by atoms with Crippen LogP contribution in [0.3, 0.4) is 0 Å². The highest BCUT2D eigenvalue weighted by molar-refractivity contribution is 7.19. The Labute approximate surface area is 309 Å². The average Bonchev–Trinajstić information content (AvgIpc) is 3.85. The normalized spacial score (nSPS) is 15.3. The zero-order valence-corrected chi connectivity index (χ0v) is 31.2. The summed E-state index contributed by atoms with van der Waals surface area (Å²) in [4.78, 5) is 64.9. The van der Waals surface area contributed by atoms with E-state index in [0.717, 1.165) is 29.0 Å². The van der Waals surface area contributed by atoms with Gasteiger partial charge in [-0.3, -0.25) is 14.4 Å². The number of hydrogen-bond acceptors (Lipinski definition) is 11. The standard InChI is InChI=1S/C28H30N6O6S.C6H10F3N.C2H6/c1-2-19-23(32-8-10-33(11-9-32)27(39)21-24(37)18-5-14-40-20(18)15-29-21)25(38)22-28(34(19)12-13-35)41-26(30-22)17-3-6-31(16-36)7-4-17;1-5(10-2)3-4-6(7,8)9;1-2/h3,13,15-16,37H,2,4-12,14H2,1H3;10H,1,3-4H2,2H3;1-2H3. The molecule has 0 radical (unpaired) electrons. The van der Waals surface area contributed by atoms with Crippen molar-refractivity contribution in [2.45, 2.75) is 65.6 Å². The third-order valence-electron chi connectivity index (χ3n) is 9.02. The maximum absolute atomic E-state index is 13.9. The van der Waals surface area contributed by atoms with Gasteiger partial charge in [0.1, 0.15) is 33.1 Å². The van der Waals surface area contributed by atoms with Gasteiger partial charge in [0.25, 0.3) is 5.91 Å². The van der Waals surface area contributed by atoms with Gasteiger partial charge in [0.2, 0.25) is 11.8 Å². The van der Waals surface area contributed by atoms with Gasteiger partial charge in [-0.25, -0.2) is 9.97 Å². The molecule has 17 heteroatoms. The second-order valence-electron chi connectivity index (χ2n) is 12.2. The van der Waals surface area contributed by atoms with Gasteiger partial charge >= 0.3 is 6.18 Å². The summed E-state index contributed by atoms with van der Waals surface area (Å²) < 4.78 is 41.8. The number of nitrogens with zero attached hydrogens (tertiary/aromatic N) is 6. The van der Waals surface area contributed by atoms with Gasteiger partial charge in [0.15, 0.2) is 11.4 Å². The molecule has 2 amide bonds. The highest BCUT2D eigenvalue weighted by Gasteiger charge is 2.32. The Morgan fingerprint density at radius 1 is 1.15 bits per heavy atom. The van der Waals surface area contributed by atoms with Crippen molar-refractivity contribution in [2.75, 3.05) is 57.8 Å². The lowest BCUT2D eigenvalue weighted by molar-refractivity contribution is -0.134. The minimum Gasteiger partial charge on any atom is -0.505 e. The molecule has 3 aliphatic heterocycles. The molecule has 288 valence electrons. The molecule has 1 saturated heterocycles. The first kappa shape index (κ1) is 40.8. The Bertz CT molecular complexity index is 1900. The van der Waals surface area contributed by atoms with Crippen LogP contribution in [0, 0.1) is 0 Å². The summed E-state index contributed by atoms with van der Waals surface area (Å²) in [6, 6.07) is 0. The molecule has 3 aliphatic rings. The zero-order chi connectivity index (χ0) is 38.9. The number of carbonyl (C=O) groups is 3. The van der Waals surface area contributed by atoms with E-state index in [1.165, 1.54) is 17.5 Å². The SMILES string of the molecule is C=C(CCC(F)(F)F)NC.CC.CCc1c(N2CCN(C(=O)c3ncc4c(c3O)CCO4)CC2)c(=O)c2nc(C3=CCN(C=O)CC3)sc2n1CC=O. The van der Waals surface area contributed by atoms with E-state index >= 15 is 0 Å². The summed E-state index contributed by atoms with van der Waals surface area (Å²) in [6.45, 7) is 12.4. The lowest BCUT2D eigenvalue weighted by atomic mass is 10.1. The summed E-state index contributed by atoms with van der Waals surface area (Å²) in [5.74, 6) is 0.0134. The molecule has 13 nitrogen and oxygen atoms in total. The topological polar surface area (TPSA) is 150 Å². The summed E-state index contributed by atoms with van der Waals surface area (Å²) in [5.41, 5.74) is 3.41. The van der Waals surface area contributed by atoms with Crippen molar-refractivity contribution < 1.29 is 37.4 Å². The summed E-state index contributed by atoms with van der Waals surface area (Å²) in [7, 11) is 1.55. The maximum atomic E-state index is 13.9. The van der Waals surface area contributed by atoms with Crippen LogP contribution in [0.25, 0.3) is 15.9 Å². The summed E-state index contributed by atoms with van der Waals surface area (Å²) in [6.07, 6.45) is 1.89. The van der Waals surface area contributed by atoms with Crippen LogP contribution in [0.2, 0.25) is 0 Å². The van der Waals surface area contributed by atoms with Crippen molar-refractivity contribution in [3.05, 3.63) is 56.7 Å². The number of pyridine rings is 2. The monoisotopic (exact) mass is 761 g/mol. The van der Waals surface area contributed by atoms with Crippen LogP contribution in [0.4, 0.5) is 18.9 Å². The Kier molecular flexibility index (Phi) is 14.0. The predicted molar refractivity (Wildman–Crippen MR) is 198 cm³/mol. The minimum absolute atomic E-state index is 0.00925. The fraction of sp³-hybridized carbons (Fsp3) is 0.500. The number of halogens is 3.